The minimum absolute atomic E-state index is 0.0375. The van der Waals surface area contributed by atoms with Gasteiger partial charge in [-0.15, -0.1) is 0 Å². The van der Waals surface area contributed by atoms with Crippen LogP contribution in [-0.4, -0.2) is 24.0 Å². The highest BCUT2D eigenvalue weighted by Gasteiger charge is 2.05. The van der Waals surface area contributed by atoms with Crippen molar-refractivity contribution in [2.75, 3.05) is 17.3 Å². The fourth-order valence-electron chi connectivity index (χ4n) is 1.27. The molecule has 0 saturated carbocycles. The molecular weight excluding hydrogens is 250 g/mol. The van der Waals surface area contributed by atoms with Crippen molar-refractivity contribution >= 4 is 40.5 Å². The monoisotopic (exact) mass is 265 g/mol. The highest BCUT2D eigenvalue weighted by molar-refractivity contribution is 7.80. The molecule has 1 aromatic rings. The van der Waals surface area contributed by atoms with Crippen LogP contribution in [0.25, 0.3) is 0 Å². The zero-order valence-electron chi connectivity index (χ0n) is 10.5. The van der Waals surface area contributed by atoms with Crippen molar-refractivity contribution < 1.29 is 9.59 Å². The summed E-state index contributed by atoms with van der Waals surface area (Å²) in [5.41, 5.74) is 1.54. The number of amides is 2. The van der Waals surface area contributed by atoms with Gasteiger partial charge in [-0.05, 0) is 36.5 Å². The molecule has 0 saturated heterocycles. The lowest BCUT2D eigenvalue weighted by molar-refractivity contribution is -0.118. The van der Waals surface area contributed by atoms with Crippen LogP contribution in [0.15, 0.2) is 24.3 Å². The average Bonchev–Trinajstić information content (AvgIpc) is 2.27. The SMILES string of the molecule is CC(=O)NC(=S)Nc1ccc(N(C)C(C)=O)cc1. The van der Waals surface area contributed by atoms with Crippen molar-refractivity contribution in [1.29, 1.82) is 0 Å². The summed E-state index contributed by atoms with van der Waals surface area (Å²) in [6, 6.07) is 7.14. The van der Waals surface area contributed by atoms with E-state index in [1.807, 2.05) is 0 Å². The fourth-order valence-corrected chi connectivity index (χ4v) is 1.53. The highest BCUT2D eigenvalue weighted by Crippen LogP contribution is 2.16. The molecular formula is C12H15N3O2S. The van der Waals surface area contributed by atoms with Gasteiger partial charge in [0.1, 0.15) is 0 Å². The van der Waals surface area contributed by atoms with Crippen LogP contribution in [0, 0.1) is 0 Å². The van der Waals surface area contributed by atoms with Gasteiger partial charge >= 0.3 is 0 Å². The topological polar surface area (TPSA) is 61.4 Å². The van der Waals surface area contributed by atoms with Gasteiger partial charge in [0, 0.05) is 32.3 Å². The maximum atomic E-state index is 11.2. The molecule has 2 N–H and O–H groups in total. The van der Waals surface area contributed by atoms with Crippen LogP contribution in [-0.2, 0) is 9.59 Å². The molecule has 0 aromatic heterocycles. The third kappa shape index (κ3) is 4.14. The van der Waals surface area contributed by atoms with E-state index >= 15 is 0 Å². The summed E-state index contributed by atoms with van der Waals surface area (Å²) in [7, 11) is 1.70. The third-order valence-corrected chi connectivity index (χ3v) is 2.48. The molecule has 0 bridgehead atoms. The molecule has 1 rings (SSSR count). The molecule has 6 heteroatoms. The van der Waals surface area contributed by atoms with Crippen LogP contribution >= 0.6 is 12.2 Å². The number of nitrogens with zero attached hydrogens (tertiary/aromatic N) is 1. The van der Waals surface area contributed by atoms with E-state index < -0.39 is 0 Å². The number of carbonyl (C=O) groups is 2. The van der Waals surface area contributed by atoms with Crippen LogP contribution in [0.4, 0.5) is 11.4 Å². The van der Waals surface area contributed by atoms with Gasteiger partial charge in [-0.25, -0.2) is 0 Å². The van der Waals surface area contributed by atoms with Crippen LogP contribution in [0.2, 0.25) is 0 Å². The van der Waals surface area contributed by atoms with Gasteiger partial charge in [0.05, 0.1) is 0 Å². The molecule has 0 unspecified atom stereocenters. The summed E-state index contributed by atoms with van der Waals surface area (Å²) >= 11 is 4.93. The first kappa shape index (κ1) is 14.1. The Morgan fingerprint density at radius 3 is 2.17 bits per heavy atom. The summed E-state index contributed by atoms with van der Waals surface area (Å²) < 4.78 is 0. The first-order chi connectivity index (χ1) is 8.40. The summed E-state index contributed by atoms with van der Waals surface area (Å²) in [4.78, 5) is 23.5. The molecule has 0 spiro atoms. The molecule has 0 aliphatic heterocycles. The van der Waals surface area contributed by atoms with Gasteiger partial charge in [-0.3, -0.25) is 9.59 Å². The minimum Gasteiger partial charge on any atom is -0.332 e. The van der Waals surface area contributed by atoms with E-state index in [1.165, 1.54) is 18.7 Å². The predicted molar refractivity (Wildman–Crippen MR) is 75.6 cm³/mol. The minimum atomic E-state index is -0.222. The number of anilines is 2. The van der Waals surface area contributed by atoms with Gasteiger partial charge in [0.25, 0.3) is 0 Å². The molecule has 0 aliphatic carbocycles. The average molecular weight is 265 g/mol. The second kappa shape index (κ2) is 6.11. The van der Waals surface area contributed by atoms with Crippen molar-refractivity contribution in [3.05, 3.63) is 24.3 Å². The Kier molecular flexibility index (Phi) is 4.79. The Hall–Kier alpha value is -1.95. The van der Waals surface area contributed by atoms with E-state index in [0.29, 0.717) is 0 Å². The molecule has 96 valence electrons. The molecule has 0 aliphatic rings. The summed E-state index contributed by atoms with van der Waals surface area (Å²) in [6.07, 6.45) is 0. The largest absolute Gasteiger partial charge is 0.332 e. The van der Waals surface area contributed by atoms with Gasteiger partial charge in [-0.2, -0.15) is 0 Å². The lowest BCUT2D eigenvalue weighted by Crippen LogP contribution is -2.32. The van der Waals surface area contributed by atoms with Gasteiger partial charge in [-0.1, -0.05) is 0 Å². The second-order valence-corrected chi connectivity index (χ2v) is 4.17. The van der Waals surface area contributed by atoms with Crippen LogP contribution < -0.4 is 15.5 Å². The summed E-state index contributed by atoms with van der Waals surface area (Å²) in [5, 5.41) is 5.57. The molecule has 0 fully saturated rings. The first-order valence-electron chi connectivity index (χ1n) is 5.33. The van der Waals surface area contributed by atoms with Crippen molar-refractivity contribution in [1.82, 2.24) is 5.32 Å². The lowest BCUT2D eigenvalue weighted by Gasteiger charge is -2.15. The number of benzene rings is 1. The Morgan fingerprint density at radius 2 is 1.72 bits per heavy atom. The zero-order valence-corrected chi connectivity index (χ0v) is 11.3. The van der Waals surface area contributed by atoms with E-state index in [4.69, 9.17) is 12.2 Å². The molecule has 5 nitrogen and oxygen atoms in total. The number of rotatable bonds is 2. The molecule has 18 heavy (non-hydrogen) atoms. The van der Waals surface area contributed by atoms with Gasteiger partial charge in [0.15, 0.2) is 5.11 Å². The van der Waals surface area contributed by atoms with E-state index in [1.54, 1.807) is 31.3 Å². The summed E-state index contributed by atoms with van der Waals surface area (Å²) in [5.74, 6) is -0.259. The summed E-state index contributed by atoms with van der Waals surface area (Å²) in [6.45, 7) is 2.89. The maximum absolute atomic E-state index is 11.2. The lowest BCUT2D eigenvalue weighted by atomic mass is 10.2. The number of carbonyl (C=O) groups excluding carboxylic acids is 2. The molecule has 0 atom stereocenters. The van der Waals surface area contributed by atoms with Crippen molar-refractivity contribution in [3.63, 3.8) is 0 Å². The zero-order chi connectivity index (χ0) is 13.7. The fraction of sp³-hybridized carbons (Fsp3) is 0.250. The molecule has 1 aromatic carbocycles. The highest BCUT2D eigenvalue weighted by atomic mass is 32.1. The smallest absolute Gasteiger partial charge is 0.223 e. The van der Waals surface area contributed by atoms with Crippen molar-refractivity contribution in [2.24, 2.45) is 0 Å². The number of hydrogen-bond acceptors (Lipinski definition) is 3. The van der Waals surface area contributed by atoms with E-state index in [9.17, 15) is 9.59 Å². The predicted octanol–water partition coefficient (Wildman–Crippen LogP) is 1.50. The molecule has 0 radical (unpaired) electrons. The number of thiocarbonyl (C=S) groups is 1. The van der Waals surface area contributed by atoms with Gasteiger partial charge in [0.2, 0.25) is 11.8 Å². The van der Waals surface area contributed by atoms with E-state index in [-0.39, 0.29) is 16.9 Å². The normalized spacial score (nSPS) is 9.50. The van der Waals surface area contributed by atoms with Crippen LogP contribution in [0.5, 0.6) is 0 Å². The Morgan fingerprint density at radius 1 is 1.17 bits per heavy atom. The number of hydrogen-bond donors (Lipinski definition) is 2. The van der Waals surface area contributed by atoms with E-state index in [0.717, 1.165) is 11.4 Å². The quantitative estimate of drug-likeness (QED) is 0.796. The standard InChI is InChI=1S/C12H15N3O2S/c1-8(16)13-12(18)14-10-4-6-11(7-5-10)15(3)9(2)17/h4-7H,1-3H3,(H2,13,14,16,18). The Labute approximate surface area is 111 Å². The van der Waals surface area contributed by atoms with Crippen molar-refractivity contribution in [3.8, 4) is 0 Å². The van der Waals surface area contributed by atoms with Gasteiger partial charge < -0.3 is 15.5 Å². The molecule has 2 amide bonds. The van der Waals surface area contributed by atoms with Crippen LogP contribution in [0.3, 0.4) is 0 Å². The van der Waals surface area contributed by atoms with Crippen LogP contribution in [0.1, 0.15) is 13.8 Å². The first-order valence-corrected chi connectivity index (χ1v) is 5.74. The van der Waals surface area contributed by atoms with Crippen molar-refractivity contribution in [2.45, 2.75) is 13.8 Å². The van der Waals surface area contributed by atoms with E-state index in [2.05, 4.69) is 10.6 Å². The number of nitrogens with one attached hydrogen (secondary N) is 2. The molecule has 0 heterocycles. The maximum Gasteiger partial charge on any atom is 0.223 e. The Balaban J connectivity index is 2.69. The third-order valence-electron chi connectivity index (χ3n) is 2.27. The Bertz CT molecular complexity index is 471. The second-order valence-electron chi connectivity index (χ2n) is 3.76.